The number of nitrogens with zero attached hydrogens (tertiary/aromatic N) is 6. The van der Waals surface area contributed by atoms with Gasteiger partial charge in [0.2, 0.25) is 0 Å². The van der Waals surface area contributed by atoms with E-state index in [2.05, 4.69) is 24.8 Å². The lowest BCUT2D eigenvalue weighted by molar-refractivity contribution is -0.139. The summed E-state index contributed by atoms with van der Waals surface area (Å²) >= 11 is 0. The van der Waals surface area contributed by atoms with E-state index < -0.39 is 18.3 Å². The van der Waals surface area contributed by atoms with Crippen LogP contribution in [0.1, 0.15) is 23.5 Å². The SMILES string of the molecule is N/C(=C\N(N)CC1OCCC(O)C1O)CN(CCN(Cc1ccccn1)Cc1ccccn1)Cc1ccccn1. The molecule has 0 radical (unpaired) electrons. The molecule has 11 nitrogen and oxygen atoms in total. The van der Waals surface area contributed by atoms with Crippen LogP contribution in [0, 0.1) is 0 Å². The van der Waals surface area contributed by atoms with Crippen LogP contribution in [-0.4, -0.2) is 91.1 Å². The van der Waals surface area contributed by atoms with Gasteiger partial charge in [0.05, 0.1) is 29.7 Å². The summed E-state index contributed by atoms with van der Waals surface area (Å²) in [5, 5.41) is 21.6. The second kappa shape index (κ2) is 15.4. The van der Waals surface area contributed by atoms with Gasteiger partial charge < -0.3 is 25.7 Å². The van der Waals surface area contributed by atoms with E-state index in [0.717, 1.165) is 23.6 Å². The maximum absolute atomic E-state index is 10.2. The Kier molecular flexibility index (Phi) is 11.3. The van der Waals surface area contributed by atoms with Gasteiger partial charge in [0, 0.05) is 76.4 Å². The Morgan fingerprint density at radius 1 is 0.850 bits per heavy atom. The molecule has 3 aromatic rings. The van der Waals surface area contributed by atoms with E-state index in [9.17, 15) is 10.2 Å². The van der Waals surface area contributed by atoms with E-state index in [4.69, 9.17) is 16.3 Å². The lowest BCUT2D eigenvalue weighted by atomic mass is 10.0. The molecule has 6 N–H and O–H groups in total. The van der Waals surface area contributed by atoms with Gasteiger partial charge in [-0.15, -0.1) is 0 Å². The van der Waals surface area contributed by atoms with E-state index in [1.54, 1.807) is 12.4 Å². The predicted molar refractivity (Wildman–Crippen MR) is 152 cm³/mol. The van der Waals surface area contributed by atoms with Crippen molar-refractivity contribution in [2.75, 3.05) is 32.8 Å². The normalized spacial score (nSPS) is 19.7. The molecule has 0 spiro atoms. The van der Waals surface area contributed by atoms with Crippen LogP contribution in [0.3, 0.4) is 0 Å². The maximum Gasteiger partial charge on any atom is 0.108 e. The summed E-state index contributed by atoms with van der Waals surface area (Å²) in [6.07, 6.45) is 5.07. The lowest BCUT2D eigenvalue weighted by Crippen LogP contribution is -2.50. The summed E-state index contributed by atoms with van der Waals surface area (Å²) in [5.41, 5.74) is 9.92. The third-order valence-electron chi connectivity index (χ3n) is 6.72. The minimum atomic E-state index is -0.987. The summed E-state index contributed by atoms with van der Waals surface area (Å²) in [7, 11) is 0. The highest BCUT2D eigenvalue weighted by molar-refractivity contribution is 5.08. The van der Waals surface area contributed by atoms with Crippen molar-refractivity contribution in [2.24, 2.45) is 11.6 Å². The fraction of sp³-hybridized carbons (Fsp3) is 0.414. The van der Waals surface area contributed by atoms with Crippen molar-refractivity contribution < 1.29 is 14.9 Å². The molecule has 4 heterocycles. The quantitative estimate of drug-likeness (QED) is 0.168. The van der Waals surface area contributed by atoms with E-state index in [1.165, 1.54) is 5.01 Å². The van der Waals surface area contributed by atoms with E-state index in [-0.39, 0.29) is 6.54 Å². The van der Waals surface area contributed by atoms with Crippen molar-refractivity contribution in [1.29, 1.82) is 0 Å². The molecule has 1 aliphatic heterocycles. The van der Waals surface area contributed by atoms with Crippen molar-refractivity contribution in [2.45, 2.75) is 44.4 Å². The van der Waals surface area contributed by atoms with Gasteiger partial charge in [-0.1, -0.05) is 18.2 Å². The zero-order valence-corrected chi connectivity index (χ0v) is 22.7. The van der Waals surface area contributed by atoms with Gasteiger partial charge in [-0.25, -0.2) is 5.84 Å². The maximum atomic E-state index is 10.2. The highest BCUT2D eigenvalue weighted by Gasteiger charge is 2.32. The van der Waals surface area contributed by atoms with Crippen LogP contribution in [0.5, 0.6) is 0 Å². The van der Waals surface area contributed by atoms with Gasteiger partial charge in [-0.05, 0) is 42.8 Å². The molecular formula is C29H40N8O3. The molecule has 214 valence electrons. The van der Waals surface area contributed by atoms with Crippen molar-refractivity contribution in [3.05, 3.63) is 102 Å². The minimum absolute atomic E-state index is 0.209. The molecule has 3 aromatic heterocycles. The molecule has 1 aliphatic rings. The minimum Gasteiger partial charge on any atom is -0.400 e. The first-order valence-electron chi connectivity index (χ1n) is 13.6. The molecule has 1 saturated heterocycles. The van der Waals surface area contributed by atoms with Crippen LogP contribution in [-0.2, 0) is 24.4 Å². The summed E-state index contributed by atoms with van der Waals surface area (Å²) < 4.78 is 5.60. The Balaban J connectivity index is 1.42. The number of aliphatic hydroxyl groups is 2. The van der Waals surface area contributed by atoms with Crippen molar-refractivity contribution in [3.8, 4) is 0 Å². The average molecular weight is 549 g/mol. The largest absolute Gasteiger partial charge is 0.400 e. The Hall–Kier alpha value is -3.45. The number of aliphatic hydroxyl groups excluding tert-OH is 2. The van der Waals surface area contributed by atoms with E-state index in [1.807, 2.05) is 67.0 Å². The molecule has 1 fully saturated rings. The number of pyridine rings is 3. The van der Waals surface area contributed by atoms with Crippen molar-refractivity contribution >= 4 is 0 Å². The summed E-state index contributed by atoms with van der Waals surface area (Å²) in [4.78, 5) is 18.1. The fourth-order valence-corrected chi connectivity index (χ4v) is 4.66. The lowest BCUT2D eigenvalue weighted by Gasteiger charge is -2.34. The summed E-state index contributed by atoms with van der Waals surface area (Å²) in [6.45, 7) is 4.49. The van der Waals surface area contributed by atoms with Gasteiger partial charge in [-0.3, -0.25) is 24.8 Å². The first-order valence-corrected chi connectivity index (χ1v) is 13.6. The van der Waals surface area contributed by atoms with E-state index in [0.29, 0.717) is 51.4 Å². The molecule has 0 aliphatic carbocycles. The first-order chi connectivity index (χ1) is 19.5. The second-order valence-corrected chi connectivity index (χ2v) is 10.0. The van der Waals surface area contributed by atoms with Gasteiger partial charge in [0.25, 0.3) is 0 Å². The molecule has 3 atom stereocenters. The molecule has 40 heavy (non-hydrogen) atoms. The third-order valence-corrected chi connectivity index (χ3v) is 6.72. The summed E-state index contributed by atoms with van der Waals surface area (Å²) in [6, 6.07) is 17.7. The molecular weight excluding hydrogens is 508 g/mol. The number of nitrogens with two attached hydrogens (primary N) is 2. The number of ether oxygens (including phenoxy) is 1. The zero-order valence-electron chi connectivity index (χ0n) is 22.7. The Bertz CT molecular complexity index is 1110. The monoisotopic (exact) mass is 548 g/mol. The van der Waals surface area contributed by atoms with Crippen LogP contribution in [0.2, 0.25) is 0 Å². The number of aromatic nitrogens is 3. The van der Waals surface area contributed by atoms with Gasteiger partial charge in [-0.2, -0.15) is 0 Å². The van der Waals surface area contributed by atoms with Crippen LogP contribution in [0.4, 0.5) is 0 Å². The Morgan fingerprint density at radius 2 is 1.38 bits per heavy atom. The number of hydrazine groups is 1. The number of hydrogen-bond donors (Lipinski definition) is 4. The molecule has 0 aromatic carbocycles. The zero-order chi connectivity index (χ0) is 28.2. The van der Waals surface area contributed by atoms with Crippen LogP contribution in [0.15, 0.2) is 85.1 Å². The standard InChI is InChI=1S/C29H40N8O3/c30-23(18-37(31)22-28-29(39)27(38)10-16-40-28)17-35(19-24-7-1-4-11-32-24)14-15-36(20-25-8-2-5-12-33-25)21-26-9-3-6-13-34-26/h1-9,11-13,18,27-29,38-39H,10,14-17,19-22,30-31H2/b23-18-. The highest BCUT2D eigenvalue weighted by Crippen LogP contribution is 2.16. The van der Waals surface area contributed by atoms with Gasteiger partial charge in [0.1, 0.15) is 12.2 Å². The molecule has 0 saturated carbocycles. The molecule has 0 bridgehead atoms. The van der Waals surface area contributed by atoms with Crippen LogP contribution < -0.4 is 11.6 Å². The highest BCUT2D eigenvalue weighted by atomic mass is 16.5. The smallest absolute Gasteiger partial charge is 0.108 e. The van der Waals surface area contributed by atoms with Crippen molar-refractivity contribution in [3.63, 3.8) is 0 Å². The van der Waals surface area contributed by atoms with Gasteiger partial charge >= 0.3 is 0 Å². The van der Waals surface area contributed by atoms with Crippen LogP contribution >= 0.6 is 0 Å². The molecule has 0 amide bonds. The fourth-order valence-electron chi connectivity index (χ4n) is 4.66. The first kappa shape index (κ1) is 29.5. The third kappa shape index (κ3) is 9.63. The average Bonchev–Trinajstić information content (AvgIpc) is 2.95. The number of hydrogen-bond acceptors (Lipinski definition) is 11. The van der Waals surface area contributed by atoms with E-state index >= 15 is 0 Å². The Labute approximate surface area is 235 Å². The topological polar surface area (TPSA) is 150 Å². The van der Waals surface area contributed by atoms with Crippen LogP contribution in [0.25, 0.3) is 0 Å². The molecule has 4 rings (SSSR count). The van der Waals surface area contributed by atoms with Crippen molar-refractivity contribution in [1.82, 2.24) is 29.8 Å². The molecule has 3 unspecified atom stereocenters. The Morgan fingerprint density at radius 3 is 1.90 bits per heavy atom. The summed E-state index contributed by atoms with van der Waals surface area (Å²) in [5.74, 6) is 6.19. The predicted octanol–water partition coefficient (Wildman–Crippen LogP) is 0.863. The second-order valence-electron chi connectivity index (χ2n) is 10.0. The number of rotatable bonds is 14. The molecule has 11 heteroatoms. The van der Waals surface area contributed by atoms with Gasteiger partial charge in [0.15, 0.2) is 0 Å².